The molecule has 0 heterocycles. The molecule has 0 radical (unpaired) electrons. The Labute approximate surface area is 165 Å². The molecule has 1 aromatic rings. The smallest absolute Gasteiger partial charge is 0.251 e. The molecule has 1 saturated carbocycles. The Balaban J connectivity index is 1.65. The van der Waals surface area contributed by atoms with Crippen LogP contribution in [-0.2, 0) is 4.79 Å². The Morgan fingerprint density at radius 3 is 2.38 bits per heavy atom. The minimum absolute atomic E-state index is 0.0677. The van der Waals surface area contributed by atoms with Crippen molar-refractivity contribution in [2.24, 2.45) is 0 Å². The Bertz CT molecular complexity index is 585. The summed E-state index contributed by atoms with van der Waals surface area (Å²) in [5.74, 6) is -0.0804. The Morgan fingerprint density at radius 2 is 1.73 bits per heavy atom. The molecule has 2 amide bonds. The maximum Gasteiger partial charge on any atom is 0.251 e. The van der Waals surface area contributed by atoms with Gasteiger partial charge in [-0.15, -0.1) is 0 Å². The molecule has 6 heteroatoms. The second-order valence-electron chi connectivity index (χ2n) is 7.10. The number of nitrogens with one attached hydrogen (secondary N) is 1. The van der Waals surface area contributed by atoms with Crippen LogP contribution in [0.1, 0.15) is 48.9 Å². The molecule has 0 bridgehead atoms. The van der Waals surface area contributed by atoms with Crippen molar-refractivity contribution in [2.45, 2.75) is 44.6 Å². The van der Waals surface area contributed by atoms with Crippen molar-refractivity contribution in [2.75, 3.05) is 33.7 Å². The molecule has 1 fully saturated rings. The number of benzene rings is 1. The Morgan fingerprint density at radius 1 is 1.08 bits per heavy atom. The zero-order valence-corrected chi connectivity index (χ0v) is 17.4. The van der Waals surface area contributed by atoms with Gasteiger partial charge in [0.1, 0.15) is 0 Å². The highest BCUT2D eigenvalue weighted by atomic mass is 79.9. The number of likely N-dealkylation sites (N-methyl/N-ethyl adjacent to an activating group) is 2. The Hall–Kier alpha value is -1.40. The second-order valence-corrected chi connectivity index (χ2v) is 8.02. The molecular weight excluding hydrogens is 394 g/mol. The van der Waals surface area contributed by atoms with E-state index in [1.165, 1.54) is 32.1 Å². The van der Waals surface area contributed by atoms with E-state index in [4.69, 9.17) is 0 Å². The van der Waals surface area contributed by atoms with Crippen LogP contribution in [0.3, 0.4) is 0 Å². The standard InChI is InChI=1S/C20H30BrN3O2/c1-23(18-6-4-3-5-7-18)14-15-24(2)19(25)12-13-22-20(26)16-8-10-17(21)11-9-16/h8-11,18H,3-7,12-15H2,1-2H3,(H,22,26). The lowest BCUT2D eigenvalue weighted by Gasteiger charge is -2.32. The van der Waals surface area contributed by atoms with E-state index in [0.717, 1.165) is 17.6 Å². The molecule has 1 aliphatic rings. The molecule has 0 aliphatic heterocycles. The summed E-state index contributed by atoms with van der Waals surface area (Å²) < 4.78 is 0.934. The molecule has 0 unspecified atom stereocenters. The summed E-state index contributed by atoms with van der Waals surface area (Å²) in [4.78, 5) is 28.4. The normalized spacial score (nSPS) is 15.1. The number of hydrogen-bond donors (Lipinski definition) is 1. The fourth-order valence-electron chi connectivity index (χ4n) is 3.31. The van der Waals surface area contributed by atoms with Crippen LogP contribution in [0.15, 0.2) is 28.7 Å². The Kier molecular flexibility index (Phi) is 8.59. The van der Waals surface area contributed by atoms with Crippen molar-refractivity contribution in [1.82, 2.24) is 15.1 Å². The number of halogens is 1. The number of carbonyl (C=O) groups excluding carboxylic acids is 2. The van der Waals surface area contributed by atoms with Gasteiger partial charge in [-0.2, -0.15) is 0 Å². The van der Waals surface area contributed by atoms with Crippen molar-refractivity contribution in [3.63, 3.8) is 0 Å². The summed E-state index contributed by atoms with van der Waals surface area (Å²) in [5.41, 5.74) is 0.600. The van der Waals surface area contributed by atoms with Crippen LogP contribution in [-0.4, -0.2) is 61.4 Å². The van der Waals surface area contributed by atoms with Gasteiger partial charge in [0.2, 0.25) is 5.91 Å². The van der Waals surface area contributed by atoms with Crippen LogP contribution in [0.25, 0.3) is 0 Å². The minimum Gasteiger partial charge on any atom is -0.352 e. The third kappa shape index (κ3) is 6.72. The van der Waals surface area contributed by atoms with Crippen molar-refractivity contribution in [1.29, 1.82) is 0 Å². The average Bonchev–Trinajstić information content (AvgIpc) is 2.66. The van der Waals surface area contributed by atoms with Gasteiger partial charge in [-0.05, 0) is 44.2 Å². The summed E-state index contributed by atoms with van der Waals surface area (Å²) >= 11 is 3.35. The zero-order valence-electron chi connectivity index (χ0n) is 15.8. The molecule has 26 heavy (non-hydrogen) atoms. The first-order chi connectivity index (χ1) is 12.5. The zero-order chi connectivity index (χ0) is 18.9. The van der Waals surface area contributed by atoms with Gasteiger partial charge >= 0.3 is 0 Å². The van der Waals surface area contributed by atoms with Crippen LogP contribution in [0, 0.1) is 0 Å². The molecule has 2 rings (SSSR count). The van der Waals surface area contributed by atoms with Gasteiger partial charge in [0.15, 0.2) is 0 Å². The maximum atomic E-state index is 12.2. The fraction of sp³-hybridized carbons (Fsp3) is 0.600. The van der Waals surface area contributed by atoms with Gasteiger partial charge in [0.05, 0.1) is 0 Å². The topological polar surface area (TPSA) is 52.6 Å². The van der Waals surface area contributed by atoms with Gasteiger partial charge in [-0.3, -0.25) is 9.59 Å². The molecule has 1 aromatic carbocycles. The van der Waals surface area contributed by atoms with Crippen molar-refractivity contribution in [3.8, 4) is 0 Å². The lowest BCUT2D eigenvalue weighted by molar-refractivity contribution is -0.130. The largest absolute Gasteiger partial charge is 0.352 e. The quantitative estimate of drug-likeness (QED) is 0.697. The number of nitrogens with zero attached hydrogens (tertiary/aromatic N) is 2. The third-order valence-corrected chi connectivity index (χ3v) is 5.67. The van der Waals surface area contributed by atoms with E-state index < -0.39 is 0 Å². The molecule has 0 atom stereocenters. The monoisotopic (exact) mass is 423 g/mol. The third-order valence-electron chi connectivity index (χ3n) is 5.14. The van der Waals surface area contributed by atoms with E-state index in [1.807, 2.05) is 19.2 Å². The molecule has 0 saturated heterocycles. The van der Waals surface area contributed by atoms with Crippen LogP contribution >= 0.6 is 15.9 Å². The highest BCUT2D eigenvalue weighted by molar-refractivity contribution is 9.10. The summed E-state index contributed by atoms with van der Waals surface area (Å²) in [6.07, 6.45) is 6.87. The predicted molar refractivity (Wildman–Crippen MR) is 108 cm³/mol. The van der Waals surface area contributed by atoms with Crippen molar-refractivity contribution < 1.29 is 9.59 Å². The van der Waals surface area contributed by atoms with E-state index in [1.54, 1.807) is 17.0 Å². The van der Waals surface area contributed by atoms with Gasteiger partial charge in [-0.1, -0.05) is 35.2 Å². The number of carbonyl (C=O) groups is 2. The number of rotatable bonds is 8. The first-order valence-corrected chi connectivity index (χ1v) is 10.2. The lowest BCUT2D eigenvalue weighted by atomic mass is 9.94. The van der Waals surface area contributed by atoms with Gasteiger partial charge in [0, 0.05) is 49.2 Å². The van der Waals surface area contributed by atoms with Crippen LogP contribution in [0.2, 0.25) is 0 Å². The van der Waals surface area contributed by atoms with Gasteiger partial charge in [0.25, 0.3) is 5.91 Å². The van der Waals surface area contributed by atoms with E-state index in [-0.39, 0.29) is 11.8 Å². The van der Waals surface area contributed by atoms with E-state index in [0.29, 0.717) is 24.6 Å². The lowest BCUT2D eigenvalue weighted by Crippen LogP contribution is -2.40. The molecule has 5 nitrogen and oxygen atoms in total. The molecule has 0 aromatic heterocycles. The predicted octanol–water partition coefficient (Wildman–Crippen LogP) is 3.29. The molecular formula is C20H30BrN3O2. The highest BCUT2D eigenvalue weighted by Gasteiger charge is 2.18. The maximum absolute atomic E-state index is 12.2. The number of hydrogen-bond acceptors (Lipinski definition) is 3. The van der Waals surface area contributed by atoms with E-state index in [2.05, 4.69) is 33.2 Å². The SMILES string of the molecule is CN(CCN(C)C1CCCCC1)C(=O)CCNC(=O)c1ccc(Br)cc1. The summed E-state index contributed by atoms with van der Waals surface area (Å²) in [5, 5.41) is 2.81. The summed E-state index contributed by atoms with van der Waals surface area (Å²) in [7, 11) is 4.00. The molecule has 1 N–H and O–H groups in total. The van der Waals surface area contributed by atoms with Gasteiger partial charge < -0.3 is 15.1 Å². The fourth-order valence-corrected chi connectivity index (χ4v) is 3.58. The van der Waals surface area contributed by atoms with Crippen molar-refractivity contribution in [3.05, 3.63) is 34.3 Å². The molecule has 1 aliphatic carbocycles. The summed E-state index contributed by atoms with van der Waals surface area (Å²) in [6, 6.07) is 7.84. The van der Waals surface area contributed by atoms with Gasteiger partial charge in [-0.25, -0.2) is 0 Å². The first-order valence-electron chi connectivity index (χ1n) is 9.45. The van der Waals surface area contributed by atoms with Crippen LogP contribution in [0.5, 0.6) is 0 Å². The summed E-state index contributed by atoms with van der Waals surface area (Å²) in [6.45, 7) is 1.99. The van der Waals surface area contributed by atoms with E-state index >= 15 is 0 Å². The molecule has 144 valence electrons. The average molecular weight is 424 g/mol. The second kappa shape index (κ2) is 10.7. The van der Waals surface area contributed by atoms with Crippen molar-refractivity contribution >= 4 is 27.7 Å². The highest BCUT2D eigenvalue weighted by Crippen LogP contribution is 2.21. The first kappa shape index (κ1) is 20.9. The number of amides is 2. The minimum atomic E-state index is -0.148. The molecule has 0 spiro atoms. The van der Waals surface area contributed by atoms with Crippen LogP contribution < -0.4 is 5.32 Å². The van der Waals surface area contributed by atoms with E-state index in [9.17, 15) is 9.59 Å². The van der Waals surface area contributed by atoms with Crippen LogP contribution in [0.4, 0.5) is 0 Å².